The molecule has 0 saturated carbocycles. The van der Waals surface area contributed by atoms with Gasteiger partial charge in [0.1, 0.15) is 12.6 Å². The summed E-state index contributed by atoms with van der Waals surface area (Å²) < 4.78 is 10.7. The number of carboxylic acids is 1. The van der Waals surface area contributed by atoms with Gasteiger partial charge in [0, 0.05) is 12.1 Å². The van der Waals surface area contributed by atoms with Crippen molar-refractivity contribution in [2.75, 3.05) is 20.3 Å². The molecule has 2 rings (SSSR count). The number of ether oxygens (including phenoxy) is 2. The molecule has 1 aliphatic heterocycles. The van der Waals surface area contributed by atoms with E-state index in [1.54, 1.807) is 24.3 Å². The molecular formula is C17H21NO5. The molecule has 0 bridgehead atoms. The maximum atomic E-state index is 12.7. The number of amides is 1. The number of methoxy groups -OCH3 is 1. The number of rotatable bonds is 6. The molecule has 1 aromatic rings. The monoisotopic (exact) mass is 319 g/mol. The molecule has 1 saturated heterocycles. The maximum Gasteiger partial charge on any atom is 0.326 e. The van der Waals surface area contributed by atoms with Crippen molar-refractivity contribution in [2.24, 2.45) is 0 Å². The molecular weight excluding hydrogens is 298 g/mol. The fourth-order valence-corrected chi connectivity index (χ4v) is 2.67. The average Bonchev–Trinajstić information content (AvgIpc) is 2.59. The van der Waals surface area contributed by atoms with Gasteiger partial charge in [0.15, 0.2) is 11.5 Å². The third-order valence-electron chi connectivity index (χ3n) is 3.82. The van der Waals surface area contributed by atoms with Crippen LogP contribution in [0.3, 0.4) is 0 Å². The van der Waals surface area contributed by atoms with Crippen molar-refractivity contribution >= 4 is 11.9 Å². The van der Waals surface area contributed by atoms with Crippen LogP contribution in [0.2, 0.25) is 0 Å². The number of benzene rings is 1. The number of carbonyl (C=O) groups excluding carboxylic acids is 1. The Hall–Kier alpha value is -2.50. The molecule has 6 heteroatoms. The topological polar surface area (TPSA) is 76.1 Å². The predicted octanol–water partition coefficient (Wildman–Crippen LogP) is 2.34. The van der Waals surface area contributed by atoms with Gasteiger partial charge in [-0.3, -0.25) is 4.79 Å². The van der Waals surface area contributed by atoms with Crippen LogP contribution in [0.15, 0.2) is 30.9 Å². The van der Waals surface area contributed by atoms with Gasteiger partial charge in [0.2, 0.25) is 0 Å². The Balaban J connectivity index is 2.24. The van der Waals surface area contributed by atoms with Crippen LogP contribution in [0, 0.1) is 0 Å². The second kappa shape index (κ2) is 7.67. The standard InChI is InChI=1S/C17H21NO5/c1-3-10-23-14-8-7-12(11-15(14)22-2)16(19)18-9-5-4-6-13(18)17(20)21/h3,7-8,11,13H,1,4-6,9-10H2,2H3,(H,20,21)/t13-/m1/s1. The highest BCUT2D eigenvalue weighted by atomic mass is 16.5. The molecule has 0 radical (unpaired) electrons. The first-order valence-electron chi connectivity index (χ1n) is 7.54. The minimum Gasteiger partial charge on any atom is -0.493 e. The van der Waals surface area contributed by atoms with Gasteiger partial charge in [0.05, 0.1) is 7.11 Å². The number of hydrogen-bond donors (Lipinski definition) is 1. The predicted molar refractivity (Wildman–Crippen MR) is 85.0 cm³/mol. The van der Waals surface area contributed by atoms with E-state index in [0.29, 0.717) is 36.6 Å². The fraction of sp³-hybridized carbons (Fsp3) is 0.412. The molecule has 1 aromatic carbocycles. The number of hydrogen-bond acceptors (Lipinski definition) is 4. The highest BCUT2D eigenvalue weighted by Crippen LogP contribution is 2.29. The number of likely N-dealkylation sites (tertiary alicyclic amines) is 1. The number of aliphatic carboxylic acids is 1. The van der Waals surface area contributed by atoms with E-state index in [9.17, 15) is 14.7 Å². The van der Waals surface area contributed by atoms with Crippen LogP contribution in [0.5, 0.6) is 11.5 Å². The molecule has 6 nitrogen and oxygen atoms in total. The lowest BCUT2D eigenvalue weighted by Gasteiger charge is -2.33. The van der Waals surface area contributed by atoms with Crippen molar-refractivity contribution in [2.45, 2.75) is 25.3 Å². The third-order valence-corrected chi connectivity index (χ3v) is 3.82. The van der Waals surface area contributed by atoms with E-state index in [-0.39, 0.29) is 5.91 Å². The van der Waals surface area contributed by atoms with Gasteiger partial charge in [-0.15, -0.1) is 0 Å². The normalized spacial score (nSPS) is 17.4. The van der Waals surface area contributed by atoms with Crippen LogP contribution >= 0.6 is 0 Å². The lowest BCUT2D eigenvalue weighted by atomic mass is 10.0. The summed E-state index contributed by atoms with van der Waals surface area (Å²) in [6.07, 6.45) is 3.73. The highest BCUT2D eigenvalue weighted by Gasteiger charge is 2.32. The molecule has 1 N–H and O–H groups in total. The summed E-state index contributed by atoms with van der Waals surface area (Å²) in [5.74, 6) is -0.319. The summed E-state index contributed by atoms with van der Waals surface area (Å²) in [6, 6.07) is 4.08. The molecule has 0 aromatic heterocycles. The second-order valence-corrected chi connectivity index (χ2v) is 5.31. The van der Waals surface area contributed by atoms with Gasteiger partial charge in [-0.25, -0.2) is 4.79 Å². The van der Waals surface area contributed by atoms with Crippen molar-refractivity contribution in [3.63, 3.8) is 0 Å². The molecule has 124 valence electrons. The minimum absolute atomic E-state index is 0.300. The third kappa shape index (κ3) is 3.83. The van der Waals surface area contributed by atoms with Crippen LogP contribution < -0.4 is 9.47 Å². The molecule has 0 aliphatic carbocycles. The maximum absolute atomic E-state index is 12.7. The Morgan fingerprint density at radius 3 is 2.83 bits per heavy atom. The minimum atomic E-state index is -0.962. The van der Waals surface area contributed by atoms with Gasteiger partial charge in [0.25, 0.3) is 5.91 Å². The lowest BCUT2D eigenvalue weighted by Crippen LogP contribution is -2.47. The van der Waals surface area contributed by atoms with Crippen molar-refractivity contribution in [3.05, 3.63) is 36.4 Å². The molecule has 1 aliphatic rings. The van der Waals surface area contributed by atoms with E-state index >= 15 is 0 Å². The van der Waals surface area contributed by atoms with Gasteiger partial charge >= 0.3 is 5.97 Å². The van der Waals surface area contributed by atoms with E-state index in [2.05, 4.69) is 6.58 Å². The second-order valence-electron chi connectivity index (χ2n) is 5.31. The van der Waals surface area contributed by atoms with Crippen LogP contribution in [0.25, 0.3) is 0 Å². The SMILES string of the molecule is C=CCOc1ccc(C(=O)N2CCCC[C@@H]2C(=O)O)cc1OC. The van der Waals surface area contributed by atoms with Crippen molar-refractivity contribution < 1.29 is 24.2 Å². The smallest absolute Gasteiger partial charge is 0.326 e. The Morgan fingerprint density at radius 1 is 1.39 bits per heavy atom. The average molecular weight is 319 g/mol. The molecule has 1 fully saturated rings. The Labute approximate surface area is 135 Å². The van der Waals surface area contributed by atoms with E-state index in [0.717, 1.165) is 12.8 Å². The first kappa shape index (κ1) is 16.9. The molecule has 1 amide bonds. The largest absolute Gasteiger partial charge is 0.493 e. The van der Waals surface area contributed by atoms with Crippen LogP contribution in [-0.4, -0.2) is 48.2 Å². The molecule has 23 heavy (non-hydrogen) atoms. The van der Waals surface area contributed by atoms with Crippen molar-refractivity contribution in [1.82, 2.24) is 4.90 Å². The van der Waals surface area contributed by atoms with E-state index in [4.69, 9.17) is 9.47 Å². The zero-order valence-electron chi connectivity index (χ0n) is 13.2. The van der Waals surface area contributed by atoms with E-state index in [1.165, 1.54) is 12.0 Å². The van der Waals surface area contributed by atoms with Gasteiger partial charge in [-0.1, -0.05) is 12.7 Å². The van der Waals surface area contributed by atoms with Crippen molar-refractivity contribution in [1.29, 1.82) is 0 Å². The first-order chi connectivity index (χ1) is 11.1. The zero-order chi connectivity index (χ0) is 16.8. The number of carbonyl (C=O) groups is 2. The van der Waals surface area contributed by atoms with Gasteiger partial charge < -0.3 is 19.5 Å². The number of piperidine rings is 1. The number of nitrogens with zero attached hydrogens (tertiary/aromatic N) is 1. The van der Waals surface area contributed by atoms with E-state index in [1.807, 2.05) is 0 Å². The van der Waals surface area contributed by atoms with E-state index < -0.39 is 12.0 Å². The molecule has 1 heterocycles. The van der Waals surface area contributed by atoms with Gasteiger partial charge in [-0.2, -0.15) is 0 Å². The van der Waals surface area contributed by atoms with Crippen LogP contribution in [0.1, 0.15) is 29.6 Å². The number of carboxylic acid groups (broad SMARTS) is 1. The zero-order valence-corrected chi connectivity index (χ0v) is 13.2. The first-order valence-corrected chi connectivity index (χ1v) is 7.54. The fourth-order valence-electron chi connectivity index (χ4n) is 2.67. The summed E-state index contributed by atoms with van der Waals surface area (Å²) in [6.45, 7) is 4.36. The molecule has 0 spiro atoms. The quantitative estimate of drug-likeness (QED) is 0.815. The summed E-state index contributed by atoms with van der Waals surface area (Å²) in [5, 5.41) is 9.30. The van der Waals surface area contributed by atoms with Crippen molar-refractivity contribution in [3.8, 4) is 11.5 Å². The summed E-state index contributed by atoms with van der Waals surface area (Å²) >= 11 is 0. The Bertz CT molecular complexity index is 599. The van der Waals surface area contributed by atoms with Gasteiger partial charge in [-0.05, 0) is 37.5 Å². The lowest BCUT2D eigenvalue weighted by molar-refractivity contribution is -0.143. The van der Waals surface area contributed by atoms with Crippen LogP contribution in [0.4, 0.5) is 0 Å². The Kier molecular flexibility index (Phi) is 5.62. The summed E-state index contributed by atoms with van der Waals surface area (Å²) in [5.41, 5.74) is 0.390. The Morgan fingerprint density at radius 2 is 2.17 bits per heavy atom. The summed E-state index contributed by atoms with van der Waals surface area (Å²) in [4.78, 5) is 25.4. The van der Waals surface area contributed by atoms with Crippen LogP contribution in [-0.2, 0) is 4.79 Å². The summed E-state index contributed by atoms with van der Waals surface area (Å²) in [7, 11) is 1.49. The molecule has 1 atom stereocenters. The molecule has 0 unspecified atom stereocenters. The highest BCUT2D eigenvalue weighted by molar-refractivity contribution is 5.97.